The minimum atomic E-state index is 0.251. The van der Waals surface area contributed by atoms with Crippen molar-refractivity contribution in [2.45, 2.75) is 25.7 Å². The lowest BCUT2D eigenvalue weighted by Gasteiger charge is -2.22. The van der Waals surface area contributed by atoms with Crippen molar-refractivity contribution in [3.63, 3.8) is 0 Å². The van der Waals surface area contributed by atoms with Crippen LogP contribution in [0.15, 0.2) is 24.5 Å². The number of pyridine rings is 1. The van der Waals surface area contributed by atoms with Crippen molar-refractivity contribution in [2.24, 2.45) is 5.92 Å². The number of ketones is 1. The van der Waals surface area contributed by atoms with Crippen LogP contribution < -0.4 is 5.32 Å². The summed E-state index contributed by atoms with van der Waals surface area (Å²) < 4.78 is 0. The fourth-order valence-corrected chi connectivity index (χ4v) is 2.19. The predicted octanol–water partition coefficient (Wildman–Crippen LogP) is 2.04. The molecule has 0 atom stereocenters. The van der Waals surface area contributed by atoms with Crippen LogP contribution in [0.1, 0.15) is 36.0 Å². The molecule has 1 fully saturated rings. The van der Waals surface area contributed by atoms with Crippen LogP contribution in [0.25, 0.3) is 0 Å². The first-order valence-electron chi connectivity index (χ1n) is 6.00. The fraction of sp³-hybridized carbons (Fsp3) is 0.538. The van der Waals surface area contributed by atoms with Crippen molar-refractivity contribution in [1.29, 1.82) is 0 Å². The fourth-order valence-electron chi connectivity index (χ4n) is 2.19. The molecule has 1 aliphatic heterocycles. The molecule has 0 saturated carbocycles. The molecular formula is C13H18N2O. The lowest BCUT2D eigenvalue weighted by molar-refractivity contribution is 0.0970. The average molecular weight is 218 g/mol. The molecule has 0 radical (unpaired) electrons. The predicted molar refractivity (Wildman–Crippen MR) is 63.4 cm³/mol. The molecule has 0 spiro atoms. The Morgan fingerprint density at radius 1 is 1.31 bits per heavy atom. The largest absolute Gasteiger partial charge is 0.317 e. The van der Waals surface area contributed by atoms with Gasteiger partial charge in [-0.05, 0) is 50.4 Å². The summed E-state index contributed by atoms with van der Waals surface area (Å²) >= 11 is 0. The third-order valence-electron chi connectivity index (χ3n) is 3.24. The minimum Gasteiger partial charge on any atom is -0.317 e. The summed E-state index contributed by atoms with van der Waals surface area (Å²) in [4.78, 5) is 15.8. The van der Waals surface area contributed by atoms with Crippen molar-refractivity contribution in [3.8, 4) is 0 Å². The number of hydrogen-bond donors (Lipinski definition) is 1. The van der Waals surface area contributed by atoms with Gasteiger partial charge >= 0.3 is 0 Å². The Morgan fingerprint density at radius 3 is 2.69 bits per heavy atom. The normalized spacial score (nSPS) is 17.2. The second-order valence-electron chi connectivity index (χ2n) is 4.39. The van der Waals surface area contributed by atoms with Gasteiger partial charge in [0.2, 0.25) is 0 Å². The van der Waals surface area contributed by atoms with E-state index >= 15 is 0 Å². The topological polar surface area (TPSA) is 42.0 Å². The van der Waals surface area contributed by atoms with Gasteiger partial charge in [0.25, 0.3) is 0 Å². The summed E-state index contributed by atoms with van der Waals surface area (Å²) in [7, 11) is 0. The number of nitrogens with one attached hydrogen (secondary N) is 1. The van der Waals surface area contributed by atoms with Gasteiger partial charge in [-0.25, -0.2) is 0 Å². The summed E-state index contributed by atoms with van der Waals surface area (Å²) in [6.45, 7) is 2.21. The van der Waals surface area contributed by atoms with Crippen LogP contribution in [-0.4, -0.2) is 23.9 Å². The van der Waals surface area contributed by atoms with E-state index < -0.39 is 0 Å². The van der Waals surface area contributed by atoms with Gasteiger partial charge < -0.3 is 5.32 Å². The standard InChI is InChI=1S/C13H18N2O/c16-13(12-5-9-15-10-6-12)2-1-11-3-7-14-8-4-11/h5-6,9-11,14H,1-4,7-8H2. The highest BCUT2D eigenvalue weighted by molar-refractivity contribution is 5.95. The van der Waals surface area contributed by atoms with E-state index in [0.29, 0.717) is 6.42 Å². The van der Waals surface area contributed by atoms with Crippen LogP contribution in [-0.2, 0) is 0 Å². The summed E-state index contributed by atoms with van der Waals surface area (Å²) in [5, 5.41) is 3.34. The maximum absolute atomic E-state index is 11.8. The molecule has 0 unspecified atom stereocenters. The number of Topliss-reactive ketones (excluding diaryl/α,β-unsaturated/α-hetero) is 1. The molecule has 1 saturated heterocycles. The zero-order chi connectivity index (χ0) is 11.2. The van der Waals surface area contributed by atoms with Crippen LogP contribution in [0.4, 0.5) is 0 Å². The summed E-state index contributed by atoms with van der Waals surface area (Å²) in [5.41, 5.74) is 0.795. The Labute approximate surface area is 96.3 Å². The maximum Gasteiger partial charge on any atom is 0.162 e. The van der Waals surface area contributed by atoms with Crippen molar-refractivity contribution >= 4 is 5.78 Å². The van der Waals surface area contributed by atoms with Crippen LogP contribution in [0, 0.1) is 5.92 Å². The number of aromatic nitrogens is 1. The smallest absolute Gasteiger partial charge is 0.162 e. The van der Waals surface area contributed by atoms with Crippen LogP contribution in [0.5, 0.6) is 0 Å². The number of hydrogen-bond acceptors (Lipinski definition) is 3. The third kappa shape index (κ3) is 3.14. The molecular weight excluding hydrogens is 200 g/mol. The SMILES string of the molecule is O=C(CCC1CCNCC1)c1ccncc1. The Hall–Kier alpha value is -1.22. The molecule has 16 heavy (non-hydrogen) atoms. The van der Waals surface area contributed by atoms with Crippen LogP contribution >= 0.6 is 0 Å². The second kappa shape index (κ2) is 5.75. The van der Waals surface area contributed by atoms with E-state index in [4.69, 9.17) is 0 Å². The van der Waals surface area contributed by atoms with Crippen molar-refractivity contribution < 1.29 is 4.79 Å². The molecule has 3 heteroatoms. The molecule has 1 N–H and O–H groups in total. The zero-order valence-corrected chi connectivity index (χ0v) is 9.48. The first-order chi connectivity index (χ1) is 7.86. The Kier molecular flexibility index (Phi) is 4.05. The number of piperidine rings is 1. The zero-order valence-electron chi connectivity index (χ0n) is 9.48. The van der Waals surface area contributed by atoms with E-state index in [2.05, 4.69) is 10.3 Å². The highest BCUT2D eigenvalue weighted by Crippen LogP contribution is 2.19. The van der Waals surface area contributed by atoms with Crippen molar-refractivity contribution in [2.75, 3.05) is 13.1 Å². The molecule has 1 aromatic heterocycles. The van der Waals surface area contributed by atoms with E-state index in [-0.39, 0.29) is 5.78 Å². The molecule has 0 amide bonds. The summed E-state index contributed by atoms with van der Waals surface area (Å²) in [6.07, 6.45) is 7.49. The Morgan fingerprint density at radius 2 is 2.00 bits per heavy atom. The molecule has 0 bridgehead atoms. The summed E-state index contributed by atoms with van der Waals surface area (Å²) in [5.74, 6) is 0.980. The average Bonchev–Trinajstić information content (AvgIpc) is 2.38. The van der Waals surface area contributed by atoms with Gasteiger partial charge in [0.05, 0.1) is 0 Å². The monoisotopic (exact) mass is 218 g/mol. The van der Waals surface area contributed by atoms with E-state index in [0.717, 1.165) is 31.0 Å². The van der Waals surface area contributed by atoms with Gasteiger partial charge in [-0.2, -0.15) is 0 Å². The second-order valence-corrected chi connectivity index (χ2v) is 4.39. The van der Waals surface area contributed by atoms with E-state index in [9.17, 15) is 4.79 Å². The van der Waals surface area contributed by atoms with Crippen molar-refractivity contribution in [3.05, 3.63) is 30.1 Å². The van der Waals surface area contributed by atoms with Gasteiger partial charge in [0.15, 0.2) is 5.78 Å². The molecule has 2 heterocycles. The molecule has 1 aromatic rings. The first kappa shape index (κ1) is 11.3. The number of rotatable bonds is 4. The third-order valence-corrected chi connectivity index (χ3v) is 3.24. The molecule has 1 aliphatic rings. The van der Waals surface area contributed by atoms with Gasteiger partial charge in [0.1, 0.15) is 0 Å². The Balaban J connectivity index is 1.79. The summed E-state index contributed by atoms with van der Waals surface area (Å²) in [6, 6.07) is 3.59. The minimum absolute atomic E-state index is 0.251. The number of carbonyl (C=O) groups is 1. The molecule has 86 valence electrons. The van der Waals surface area contributed by atoms with Crippen LogP contribution in [0.2, 0.25) is 0 Å². The first-order valence-corrected chi connectivity index (χ1v) is 6.00. The molecule has 0 aromatic carbocycles. The van der Waals surface area contributed by atoms with Crippen LogP contribution in [0.3, 0.4) is 0 Å². The van der Waals surface area contributed by atoms with E-state index in [1.54, 1.807) is 24.5 Å². The highest BCUT2D eigenvalue weighted by atomic mass is 16.1. The van der Waals surface area contributed by atoms with Gasteiger partial charge in [-0.3, -0.25) is 9.78 Å². The lowest BCUT2D eigenvalue weighted by Crippen LogP contribution is -2.27. The number of nitrogens with zero attached hydrogens (tertiary/aromatic N) is 1. The van der Waals surface area contributed by atoms with Gasteiger partial charge in [-0.15, -0.1) is 0 Å². The maximum atomic E-state index is 11.8. The quantitative estimate of drug-likeness (QED) is 0.786. The molecule has 3 nitrogen and oxygen atoms in total. The molecule has 2 rings (SSSR count). The van der Waals surface area contributed by atoms with Gasteiger partial charge in [-0.1, -0.05) is 0 Å². The van der Waals surface area contributed by atoms with E-state index in [1.165, 1.54) is 12.8 Å². The lowest BCUT2D eigenvalue weighted by atomic mass is 9.91. The molecule has 0 aliphatic carbocycles. The Bertz CT molecular complexity index is 331. The van der Waals surface area contributed by atoms with Crippen molar-refractivity contribution in [1.82, 2.24) is 10.3 Å². The van der Waals surface area contributed by atoms with E-state index in [1.807, 2.05) is 0 Å². The highest BCUT2D eigenvalue weighted by Gasteiger charge is 2.14. The number of carbonyl (C=O) groups excluding carboxylic acids is 1. The van der Waals surface area contributed by atoms with Gasteiger partial charge in [0, 0.05) is 24.4 Å².